The molecule has 2 N–H and O–H groups in total. The lowest BCUT2D eigenvalue weighted by Crippen LogP contribution is -2.53. The Kier molecular flexibility index (Phi) is 5.80. The van der Waals surface area contributed by atoms with Crippen molar-refractivity contribution in [3.05, 3.63) is 23.8 Å². The van der Waals surface area contributed by atoms with Crippen LogP contribution in [-0.4, -0.2) is 34.0 Å². The quantitative estimate of drug-likeness (QED) is 0.568. The van der Waals surface area contributed by atoms with Gasteiger partial charge in [0.25, 0.3) is 0 Å². The van der Waals surface area contributed by atoms with Crippen LogP contribution in [0.4, 0.5) is 0 Å². The second-order valence-corrected chi connectivity index (χ2v) is 9.42. The molecule has 2 aliphatic rings. The van der Waals surface area contributed by atoms with Gasteiger partial charge in [0.1, 0.15) is 6.10 Å². The van der Waals surface area contributed by atoms with Crippen LogP contribution in [0.15, 0.2) is 23.8 Å². The molecule has 0 aromatic carbocycles. The molecule has 26 heavy (non-hydrogen) atoms. The molecule has 2 aliphatic carbocycles. The highest BCUT2D eigenvalue weighted by Gasteiger charge is 2.53. The van der Waals surface area contributed by atoms with Gasteiger partial charge in [0.15, 0.2) is 0 Å². The molecule has 2 rings (SSSR count). The number of aliphatic hydroxyl groups is 2. The summed E-state index contributed by atoms with van der Waals surface area (Å²) in [6.07, 6.45) is 4.68. The first-order chi connectivity index (χ1) is 11.9. The predicted molar refractivity (Wildman–Crippen MR) is 104 cm³/mol. The standard InChI is InChI=1S/C22H36O4/c1-8-21(6,25)12-13-22(7)14(2)18(24)19(26-15(3)23)17-16(22)10-9-11-20(17,4)5/h8,14,18-19,24-25H,1,9-13H2,2-7H3/t14-,18-,19+,21-,22-/m1/s1. The molecule has 0 aromatic heterocycles. The van der Waals surface area contributed by atoms with Gasteiger partial charge < -0.3 is 14.9 Å². The molecular formula is C22H36O4. The minimum absolute atomic E-state index is 0.0693. The molecule has 4 heteroatoms. The van der Waals surface area contributed by atoms with Gasteiger partial charge in [-0.15, -0.1) is 6.58 Å². The third-order valence-corrected chi connectivity index (χ3v) is 6.97. The molecule has 5 atom stereocenters. The van der Waals surface area contributed by atoms with Crippen molar-refractivity contribution in [3.8, 4) is 0 Å². The molecule has 0 spiro atoms. The fourth-order valence-corrected chi connectivity index (χ4v) is 4.92. The Balaban J connectivity index is 2.54. The Morgan fingerprint density at radius 3 is 2.58 bits per heavy atom. The van der Waals surface area contributed by atoms with Gasteiger partial charge in [-0.3, -0.25) is 4.79 Å². The van der Waals surface area contributed by atoms with E-state index in [1.807, 2.05) is 6.92 Å². The minimum atomic E-state index is -0.925. The summed E-state index contributed by atoms with van der Waals surface area (Å²) >= 11 is 0. The molecular weight excluding hydrogens is 328 g/mol. The number of carbonyl (C=O) groups is 1. The van der Waals surface area contributed by atoms with Crippen molar-refractivity contribution in [2.75, 3.05) is 0 Å². The first kappa shape index (κ1) is 21.2. The van der Waals surface area contributed by atoms with E-state index in [0.29, 0.717) is 6.42 Å². The van der Waals surface area contributed by atoms with Gasteiger partial charge in [-0.05, 0) is 61.3 Å². The van der Waals surface area contributed by atoms with Crippen LogP contribution < -0.4 is 0 Å². The molecule has 0 saturated carbocycles. The van der Waals surface area contributed by atoms with E-state index in [2.05, 4.69) is 27.4 Å². The van der Waals surface area contributed by atoms with Crippen LogP contribution in [0, 0.1) is 16.7 Å². The lowest BCUT2D eigenvalue weighted by Gasteiger charge is -2.54. The Morgan fingerprint density at radius 2 is 2.04 bits per heavy atom. The predicted octanol–water partition coefficient (Wildman–Crippen LogP) is 4.16. The molecule has 0 bridgehead atoms. The maximum Gasteiger partial charge on any atom is 0.303 e. The Hall–Kier alpha value is -1.13. The first-order valence-corrected chi connectivity index (χ1v) is 9.81. The number of rotatable bonds is 5. The highest BCUT2D eigenvalue weighted by molar-refractivity contribution is 5.67. The van der Waals surface area contributed by atoms with Gasteiger partial charge in [-0.1, -0.05) is 39.3 Å². The summed E-state index contributed by atoms with van der Waals surface area (Å²) in [5.41, 5.74) is 1.14. The van der Waals surface area contributed by atoms with Crippen LogP contribution in [0.3, 0.4) is 0 Å². The van der Waals surface area contributed by atoms with E-state index < -0.39 is 17.8 Å². The third-order valence-electron chi connectivity index (χ3n) is 6.97. The normalized spacial score (nSPS) is 36.1. The Labute approximate surface area is 158 Å². The van der Waals surface area contributed by atoms with Crippen molar-refractivity contribution in [1.29, 1.82) is 0 Å². The largest absolute Gasteiger partial charge is 0.455 e. The number of esters is 1. The minimum Gasteiger partial charge on any atom is -0.455 e. The van der Waals surface area contributed by atoms with Crippen molar-refractivity contribution in [2.24, 2.45) is 16.7 Å². The average molecular weight is 365 g/mol. The van der Waals surface area contributed by atoms with Crippen molar-refractivity contribution in [1.82, 2.24) is 0 Å². The molecule has 0 fully saturated rings. The summed E-state index contributed by atoms with van der Waals surface area (Å²) in [6.45, 7) is 15.5. The molecule has 0 heterocycles. The summed E-state index contributed by atoms with van der Waals surface area (Å²) in [7, 11) is 0. The molecule has 0 aromatic rings. The maximum atomic E-state index is 11.7. The van der Waals surface area contributed by atoms with Gasteiger partial charge in [-0.25, -0.2) is 0 Å². The lowest BCUT2D eigenvalue weighted by atomic mass is 9.53. The van der Waals surface area contributed by atoms with Crippen LogP contribution >= 0.6 is 0 Å². The second-order valence-electron chi connectivity index (χ2n) is 9.42. The van der Waals surface area contributed by atoms with Crippen molar-refractivity contribution in [3.63, 3.8) is 0 Å². The van der Waals surface area contributed by atoms with E-state index >= 15 is 0 Å². The summed E-state index contributed by atoms with van der Waals surface area (Å²) in [4.78, 5) is 11.7. The van der Waals surface area contributed by atoms with E-state index in [9.17, 15) is 15.0 Å². The zero-order valence-corrected chi connectivity index (χ0v) is 17.3. The number of allylic oxidation sites excluding steroid dienone is 1. The smallest absolute Gasteiger partial charge is 0.303 e. The van der Waals surface area contributed by atoms with Crippen molar-refractivity contribution in [2.45, 2.75) is 91.5 Å². The lowest BCUT2D eigenvalue weighted by molar-refractivity contribution is -0.156. The van der Waals surface area contributed by atoms with E-state index in [-0.39, 0.29) is 22.7 Å². The number of ether oxygens (including phenoxy) is 1. The van der Waals surface area contributed by atoms with E-state index in [0.717, 1.165) is 31.3 Å². The van der Waals surface area contributed by atoms with Crippen LogP contribution in [-0.2, 0) is 9.53 Å². The monoisotopic (exact) mass is 364 g/mol. The van der Waals surface area contributed by atoms with Crippen LogP contribution in [0.5, 0.6) is 0 Å². The van der Waals surface area contributed by atoms with Gasteiger partial charge in [0.2, 0.25) is 0 Å². The molecule has 148 valence electrons. The van der Waals surface area contributed by atoms with Crippen LogP contribution in [0.25, 0.3) is 0 Å². The van der Waals surface area contributed by atoms with Crippen molar-refractivity contribution >= 4 is 5.97 Å². The third kappa shape index (κ3) is 3.77. The van der Waals surface area contributed by atoms with Gasteiger partial charge in [-0.2, -0.15) is 0 Å². The average Bonchev–Trinajstić information content (AvgIpc) is 2.54. The van der Waals surface area contributed by atoms with Crippen molar-refractivity contribution < 1.29 is 19.7 Å². The van der Waals surface area contributed by atoms with Gasteiger partial charge >= 0.3 is 5.97 Å². The molecule has 0 radical (unpaired) electrons. The Morgan fingerprint density at radius 1 is 1.42 bits per heavy atom. The van der Waals surface area contributed by atoms with Crippen LogP contribution in [0.1, 0.15) is 73.6 Å². The van der Waals surface area contributed by atoms with E-state index in [1.165, 1.54) is 12.5 Å². The number of aliphatic hydroxyl groups excluding tert-OH is 1. The molecule has 0 amide bonds. The first-order valence-electron chi connectivity index (χ1n) is 9.81. The maximum absolute atomic E-state index is 11.7. The number of hydrogen-bond acceptors (Lipinski definition) is 4. The molecule has 0 aliphatic heterocycles. The number of carbonyl (C=O) groups excluding carboxylic acids is 1. The summed E-state index contributed by atoms with van der Waals surface area (Å²) in [5.74, 6) is -0.423. The molecule has 4 nitrogen and oxygen atoms in total. The fraction of sp³-hybridized carbons (Fsp3) is 0.773. The molecule has 0 unspecified atom stereocenters. The highest BCUT2D eigenvalue weighted by atomic mass is 16.6. The molecule has 0 saturated heterocycles. The zero-order chi connectivity index (χ0) is 19.9. The van der Waals surface area contributed by atoms with Crippen LogP contribution in [0.2, 0.25) is 0 Å². The summed E-state index contributed by atoms with van der Waals surface area (Å²) in [5, 5.41) is 21.5. The van der Waals surface area contributed by atoms with Gasteiger partial charge in [0.05, 0.1) is 11.7 Å². The highest BCUT2D eigenvalue weighted by Crippen LogP contribution is 2.57. The fourth-order valence-electron chi connectivity index (χ4n) is 4.92. The SMILES string of the molecule is C=C[C@@](C)(O)CC[C@@]1(C)C2=C([C@H](OC(C)=O)[C@H](O)[C@H]1C)C(C)(C)CCC2. The second kappa shape index (κ2) is 7.12. The topological polar surface area (TPSA) is 66.8 Å². The van der Waals surface area contributed by atoms with E-state index in [4.69, 9.17) is 4.74 Å². The Bertz CT molecular complexity index is 601. The summed E-state index contributed by atoms with van der Waals surface area (Å²) in [6, 6.07) is 0. The zero-order valence-electron chi connectivity index (χ0n) is 17.3. The van der Waals surface area contributed by atoms with Gasteiger partial charge in [0, 0.05) is 6.92 Å². The van der Waals surface area contributed by atoms with E-state index in [1.54, 1.807) is 13.0 Å². The number of hydrogen-bond donors (Lipinski definition) is 2. The summed E-state index contributed by atoms with van der Waals surface area (Å²) < 4.78 is 5.63.